The summed E-state index contributed by atoms with van der Waals surface area (Å²) in [5.74, 6) is -5.46. The van der Waals surface area contributed by atoms with Crippen LogP contribution in [0.15, 0.2) is 200 Å². The van der Waals surface area contributed by atoms with Crippen molar-refractivity contribution < 1.29 is 90.5 Å². The van der Waals surface area contributed by atoms with Crippen molar-refractivity contribution >= 4 is 47.4 Å². The number of carbonyl (C=O) groups excluding carboxylic acids is 8. The number of amides is 2. The first-order valence-corrected chi connectivity index (χ1v) is 30.3. The highest BCUT2D eigenvalue weighted by atomic mass is 16.7. The van der Waals surface area contributed by atoms with E-state index in [0.717, 1.165) is 16.7 Å². The molecular formula is C72H72N2O19. The quantitative estimate of drug-likeness (QED) is 0.0185. The Morgan fingerprint density at radius 1 is 0.495 bits per heavy atom. The minimum atomic E-state index is -1.76. The van der Waals surface area contributed by atoms with Gasteiger partial charge in [0, 0.05) is 25.9 Å². The third-order valence-corrected chi connectivity index (χ3v) is 15.8. The molecule has 7 aromatic rings. The Balaban J connectivity index is 0.911. The molecule has 93 heavy (non-hydrogen) atoms. The number of methoxy groups -OCH3 is 2. The monoisotopic (exact) mass is 1270 g/mol. The van der Waals surface area contributed by atoms with E-state index in [-0.39, 0.29) is 79.4 Å². The molecule has 484 valence electrons. The van der Waals surface area contributed by atoms with Crippen LogP contribution in [0, 0.1) is 11.8 Å². The molecule has 0 spiro atoms. The van der Waals surface area contributed by atoms with Gasteiger partial charge in [0.15, 0.2) is 30.4 Å². The van der Waals surface area contributed by atoms with Crippen molar-refractivity contribution in [3.63, 3.8) is 0 Å². The Bertz CT molecular complexity index is 3550. The van der Waals surface area contributed by atoms with E-state index in [9.17, 15) is 38.4 Å². The summed E-state index contributed by atoms with van der Waals surface area (Å²) in [6, 6.07) is 56.3. The fraction of sp³-hybridized carbons (Fsp3) is 0.306. The SMILES string of the molecule is CNC(=O)CCC(=O)O[C@H]1CC(C(=O)COCCNC(=O)CO[C@@H]2OC(COC(=O)c3ccccc3)[C@H](OC(=O)c3ccccc3)[C@H](OC(=O)c3ccccc3)C2OC(=O)c2ccccc2)[C@H](COC(c2ccccc2)(c2ccc(OC)cc2)c2ccc(OC)cc2)C1. The zero-order valence-corrected chi connectivity index (χ0v) is 51.5. The number of hydrogen-bond donors (Lipinski definition) is 2. The molecule has 0 radical (unpaired) electrons. The van der Waals surface area contributed by atoms with E-state index in [2.05, 4.69) is 10.6 Å². The highest BCUT2D eigenvalue weighted by Crippen LogP contribution is 2.44. The van der Waals surface area contributed by atoms with Crippen molar-refractivity contribution in [2.45, 2.75) is 68.1 Å². The molecule has 0 aromatic heterocycles. The van der Waals surface area contributed by atoms with E-state index in [0.29, 0.717) is 11.5 Å². The van der Waals surface area contributed by atoms with Gasteiger partial charge in [0.2, 0.25) is 11.8 Å². The zero-order valence-electron chi connectivity index (χ0n) is 51.5. The fourth-order valence-electron chi connectivity index (χ4n) is 11.1. The van der Waals surface area contributed by atoms with Gasteiger partial charge in [-0.1, -0.05) is 127 Å². The van der Waals surface area contributed by atoms with Crippen LogP contribution in [0.4, 0.5) is 0 Å². The van der Waals surface area contributed by atoms with Crippen LogP contribution in [-0.4, -0.2) is 145 Å². The first kappa shape index (κ1) is 67.3. The van der Waals surface area contributed by atoms with Crippen LogP contribution < -0.4 is 20.1 Å². The highest BCUT2D eigenvalue weighted by Gasteiger charge is 2.54. The van der Waals surface area contributed by atoms with E-state index in [1.807, 2.05) is 78.9 Å². The summed E-state index contributed by atoms with van der Waals surface area (Å²) in [5.41, 5.74) is 1.52. The second-order valence-electron chi connectivity index (χ2n) is 21.8. The van der Waals surface area contributed by atoms with Crippen molar-refractivity contribution in [3.8, 4) is 11.5 Å². The van der Waals surface area contributed by atoms with Gasteiger partial charge in [-0.2, -0.15) is 0 Å². The van der Waals surface area contributed by atoms with Crippen molar-refractivity contribution in [1.29, 1.82) is 0 Å². The predicted octanol–water partition coefficient (Wildman–Crippen LogP) is 8.45. The molecule has 7 aromatic carbocycles. The van der Waals surface area contributed by atoms with Crippen molar-refractivity contribution in [2.75, 3.05) is 60.8 Å². The normalized spacial score (nSPS) is 19.2. The number of ether oxygens (including phenoxy) is 11. The number of ketones is 1. The molecule has 1 aliphatic heterocycles. The number of nitrogens with one attached hydrogen (secondary N) is 2. The van der Waals surface area contributed by atoms with Gasteiger partial charge in [-0.25, -0.2) is 19.2 Å². The van der Waals surface area contributed by atoms with Gasteiger partial charge in [-0.15, -0.1) is 0 Å². The van der Waals surface area contributed by atoms with E-state index in [1.165, 1.54) is 55.6 Å². The second-order valence-corrected chi connectivity index (χ2v) is 21.8. The number of Topliss-reactive ketones (excluding diaryl/α,β-unsaturated/α-hetero) is 1. The smallest absolute Gasteiger partial charge is 0.338 e. The van der Waals surface area contributed by atoms with Crippen molar-refractivity contribution in [1.82, 2.24) is 10.6 Å². The molecule has 2 N–H and O–H groups in total. The minimum absolute atomic E-state index is 0.0119. The maximum atomic E-state index is 14.5. The highest BCUT2D eigenvalue weighted by molar-refractivity contribution is 5.92. The Morgan fingerprint density at radius 3 is 1.47 bits per heavy atom. The molecule has 21 nitrogen and oxygen atoms in total. The van der Waals surface area contributed by atoms with Gasteiger partial charge in [-0.05, 0) is 108 Å². The summed E-state index contributed by atoms with van der Waals surface area (Å²) in [7, 11) is 4.63. The first-order valence-electron chi connectivity index (χ1n) is 30.3. The average molecular weight is 1270 g/mol. The Labute approximate surface area is 537 Å². The largest absolute Gasteiger partial charge is 0.497 e. The molecule has 1 saturated carbocycles. The van der Waals surface area contributed by atoms with Crippen LogP contribution in [0.25, 0.3) is 0 Å². The lowest BCUT2D eigenvalue weighted by Crippen LogP contribution is -2.63. The van der Waals surface area contributed by atoms with Crippen molar-refractivity contribution in [3.05, 3.63) is 239 Å². The van der Waals surface area contributed by atoms with Crippen LogP contribution in [0.5, 0.6) is 11.5 Å². The molecule has 9 rings (SSSR count). The summed E-state index contributed by atoms with van der Waals surface area (Å²) < 4.78 is 66.6. The van der Waals surface area contributed by atoms with Gasteiger partial charge < -0.3 is 62.7 Å². The topological polar surface area (TPSA) is 262 Å². The second kappa shape index (κ2) is 33.3. The van der Waals surface area contributed by atoms with E-state index < -0.39 is 110 Å². The van der Waals surface area contributed by atoms with Gasteiger partial charge >= 0.3 is 29.8 Å². The molecule has 2 amide bonds. The summed E-state index contributed by atoms with van der Waals surface area (Å²) >= 11 is 0. The van der Waals surface area contributed by atoms with E-state index >= 15 is 0 Å². The lowest BCUT2D eigenvalue weighted by atomic mass is 9.79. The summed E-state index contributed by atoms with van der Waals surface area (Å²) in [6.45, 7) is -2.07. The molecule has 21 heteroatoms. The van der Waals surface area contributed by atoms with E-state index in [1.54, 1.807) is 87.0 Å². The predicted molar refractivity (Wildman–Crippen MR) is 335 cm³/mol. The van der Waals surface area contributed by atoms with Gasteiger partial charge in [0.25, 0.3) is 0 Å². The standard InChI is InChI=1S/C72H72N2O19/c1-73-61(76)37-38-63(78)89-57-41-51(43-88-72(52-27-17-8-18-28-52,53-29-33-55(83-2)34-30-53)54-31-35-56(84-3)36-32-54)58(42-57)59(75)44-85-40-39-74-62(77)46-87-71-66(93-70(82)50-25-15-7-16-26-50)65(92-69(81)49-23-13-6-14-24-49)64(91-68(80)48-21-11-5-12-22-48)60(90-71)45-86-67(79)47-19-9-4-10-20-47/h4-36,51,57-58,60,64-66,71H,37-46H2,1-3H3,(H,73,76)(H,74,77)/t51-,57+,58?,60?,64-,65-,66?,71+/m0/s1. The molecule has 8 atom stereocenters. The van der Waals surface area contributed by atoms with Crippen LogP contribution in [0.1, 0.15) is 83.8 Å². The van der Waals surface area contributed by atoms with Crippen LogP contribution >= 0.6 is 0 Å². The zero-order chi connectivity index (χ0) is 65.5. The number of rotatable bonds is 30. The Hall–Kier alpha value is -10.1. The molecule has 1 heterocycles. The number of hydrogen-bond acceptors (Lipinski definition) is 19. The van der Waals surface area contributed by atoms with Gasteiger partial charge in [0.1, 0.15) is 49.1 Å². The molecular weight excluding hydrogens is 1200 g/mol. The molecule has 0 bridgehead atoms. The molecule has 1 saturated heterocycles. The van der Waals surface area contributed by atoms with E-state index in [4.69, 9.17) is 52.1 Å². The lowest BCUT2D eigenvalue weighted by molar-refractivity contribution is -0.296. The average Bonchev–Trinajstić information content (AvgIpc) is 1.00. The maximum Gasteiger partial charge on any atom is 0.338 e. The Kier molecular flexibility index (Phi) is 24.1. The molecule has 2 fully saturated rings. The molecule has 1 aliphatic carbocycles. The number of carbonyl (C=O) groups is 8. The van der Waals surface area contributed by atoms with Crippen LogP contribution in [0.3, 0.4) is 0 Å². The molecule has 3 unspecified atom stereocenters. The summed E-state index contributed by atoms with van der Waals surface area (Å²) in [4.78, 5) is 109. The van der Waals surface area contributed by atoms with Gasteiger partial charge in [0.05, 0.1) is 56.1 Å². The number of benzene rings is 7. The molecule has 2 aliphatic rings. The Morgan fingerprint density at radius 2 is 0.968 bits per heavy atom. The van der Waals surface area contributed by atoms with Crippen LogP contribution in [-0.2, 0) is 67.4 Å². The maximum absolute atomic E-state index is 14.5. The number of esters is 5. The van der Waals surface area contributed by atoms with Crippen molar-refractivity contribution in [2.24, 2.45) is 11.8 Å². The minimum Gasteiger partial charge on any atom is -0.497 e. The third-order valence-electron chi connectivity index (χ3n) is 15.8. The summed E-state index contributed by atoms with van der Waals surface area (Å²) in [5, 5.41) is 5.19. The van der Waals surface area contributed by atoms with Crippen LogP contribution in [0.2, 0.25) is 0 Å². The summed E-state index contributed by atoms with van der Waals surface area (Å²) in [6.07, 6.45) is -8.93. The van der Waals surface area contributed by atoms with Gasteiger partial charge in [-0.3, -0.25) is 19.2 Å². The first-order chi connectivity index (χ1) is 45.3. The third kappa shape index (κ3) is 17.9. The fourth-order valence-corrected chi connectivity index (χ4v) is 11.1. The lowest BCUT2D eigenvalue weighted by Gasteiger charge is -2.44.